The third-order valence-corrected chi connectivity index (χ3v) is 3.62. The Hall–Kier alpha value is -2.24. The Morgan fingerprint density at radius 2 is 2.35 bits per heavy atom. The van der Waals surface area contributed by atoms with Gasteiger partial charge >= 0.3 is 5.97 Å². The van der Waals surface area contributed by atoms with Crippen LogP contribution in [0.5, 0.6) is 0 Å². The number of rotatable bonds is 3. The van der Waals surface area contributed by atoms with Gasteiger partial charge in [0.05, 0.1) is 19.4 Å². The second-order valence-electron chi connectivity index (χ2n) is 4.90. The van der Waals surface area contributed by atoms with Gasteiger partial charge in [-0.3, -0.25) is 9.78 Å². The van der Waals surface area contributed by atoms with E-state index in [0.717, 1.165) is 30.2 Å². The summed E-state index contributed by atoms with van der Waals surface area (Å²) in [6, 6.07) is 5.80. The fourth-order valence-corrected chi connectivity index (χ4v) is 2.54. The van der Waals surface area contributed by atoms with Gasteiger partial charge < -0.3 is 9.30 Å². The maximum absolute atomic E-state index is 11.7. The maximum atomic E-state index is 11.7. The number of ether oxygens (including phenoxy) is 1. The molecule has 1 atom stereocenters. The van der Waals surface area contributed by atoms with Gasteiger partial charge in [-0.05, 0) is 18.6 Å². The first-order valence-electron chi connectivity index (χ1n) is 6.66. The number of fused-ring (bicyclic) bond motifs is 1. The van der Waals surface area contributed by atoms with Crippen LogP contribution in [0, 0.1) is 5.92 Å². The summed E-state index contributed by atoms with van der Waals surface area (Å²) in [6.07, 6.45) is 3.92. The van der Waals surface area contributed by atoms with Crippen LogP contribution in [0.3, 0.4) is 0 Å². The highest BCUT2D eigenvalue weighted by Gasteiger charge is 2.28. The highest BCUT2D eigenvalue weighted by atomic mass is 16.5. The van der Waals surface area contributed by atoms with E-state index in [9.17, 15) is 4.79 Å². The number of esters is 1. The van der Waals surface area contributed by atoms with Crippen molar-refractivity contribution >= 4 is 5.97 Å². The first-order valence-corrected chi connectivity index (χ1v) is 6.66. The number of nitrogens with zero attached hydrogens (tertiary/aromatic N) is 4. The first-order chi connectivity index (χ1) is 9.78. The smallest absolute Gasteiger partial charge is 0.310 e. The average Bonchev–Trinajstić information content (AvgIpc) is 2.90. The summed E-state index contributed by atoms with van der Waals surface area (Å²) in [5.41, 5.74) is 0.947. The number of hydrogen-bond donors (Lipinski definition) is 0. The van der Waals surface area contributed by atoms with Crippen molar-refractivity contribution in [3.05, 3.63) is 41.7 Å². The van der Waals surface area contributed by atoms with Crippen molar-refractivity contribution in [2.45, 2.75) is 25.8 Å². The Morgan fingerprint density at radius 3 is 3.10 bits per heavy atom. The minimum atomic E-state index is -0.159. The molecule has 3 heterocycles. The van der Waals surface area contributed by atoms with Crippen LogP contribution in [0.15, 0.2) is 24.4 Å². The average molecular weight is 272 g/mol. The van der Waals surface area contributed by atoms with E-state index in [1.807, 2.05) is 22.8 Å². The van der Waals surface area contributed by atoms with Crippen molar-refractivity contribution in [2.24, 2.45) is 5.92 Å². The van der Waals surface area contributed by atoms with Gasteiger partial charge in [-0.2, -0.15) is 0 Å². The summed E-state index contributed by atoms with van der Waals surface area (Å²) < 4.78 is 6.86. The third kappa shape index (κ3) is 2.41. The van der Waals surface area contributed by atoms with Crippen molar-refractivity contribution < 1.29 is 9.53 Å². The normalized spacial score (nSPS) is 17.6. The van der Waals surface area contributed by atoms with E-state index in [-0.39, 0.29) is 11.9 Å². The molecular formula is C14H16N4O2. The zero-order valence-electron chi connectivity index (χ0n) is 11.3. The predicted octanol–water partition coefficient (Wildman–Crippen LogP) is 0.999. The highest BCUT2D eigenvalue weighted by molar-refractivity contribution is 5.72. The van der Waals surface area contributed by atoms with Crippen molar-refractivity contribution in [1.29, 1.82) is 0 Å². The van der Waals surface area contributed by atoms with Crippen LogP contribution in [0.25, 0.3) is 0 Å². The molecule has 0 spiro atoms. The zero-order valence-corrected chi connectivity index (χ0v) is 11.3. The molecule has 1 aliphatic heterocycles. The lowest BCUT2D eigenvalue weighted by Gasteiger charge is -2.22. The maximum Gasteiger partial charge on any atom is 0.310 e. The fourth-order valence-electron chi connectivity index (χ4n) is 2.54. The van der Waals surface area contributed by atoms with E-state index >= 15 is 0 Å². The molecular weight excluding hydrogens is 256 g/mol. The molecule has 104 valence electrons. The zero-order chi connectivity index (χ0) is 13.9. The van der Waals surface area contributed by atoms with Crippen LogP contribution in [0.4, 0.5) is 0 Å². The van der Waals surface area contributed by atoms with Gasteiger partial charge in [-0.1, -0.05) is 6.07 Å². The molecule has 1 unspecified atom stereocenters. The second-order valence-corrected chi connectivity index (χ2v) is 4.90. The molecule has 2 aromatic rings. The summed E-state index contributed by atoms with van der Waals surface area (Å²) in [4.78, 5) is 16.0. The van der Waals surface area contributed by atoms with Crippen LogP contribution < -0.4 is 0 Å². The number of aryl methyl sites for hydroxylation is 1. The number of pyridine rings is 1. The SMILES string of the molecule is COC(=O)C1CCc2nnc(Cc3ccccn3)n2C1. The molecule has 0 bridgehead atoms. The van der Waals surface area contributed by atoms with Crippen molar-refractivity contribution in [3.8, 4) is 0 Å². The Balaban J connectivity index is 1.82. The van der Waals surface area contributed by atoms with Crippen LogP contribution in [-0.2, 0) is 28.9 Å². The standard InChI is InChI=1S/C14H16N4O2/c1-20-14(19)10-5-6-12-16-17-13(18(12)9-10)8-11-4-2-3-7-15-11/h2-4,7,10H,5-6,8-9H2,1H3. The summed E-state index contributed by atoms with van der Waals surface area (Å²) in [7, 11) is 1.43. The Morgan fingerprint density at radius 1 is 1.45 bits per heavy atom. The highest BCUT2D eigenvalue weighted by Crippen LogP contribution is 2.22. The van der Waals surface area contributed by atoms with Crippen LogP contribution in [-0.4, -0.2) is 32.8 Å². The van der Waals surface area contributed by atoms with Crippen molar-refractivity contribution in [1.82, 2.24) is 19.7 Å². The van der Waals surface area contributed by atoms with E-state index in [0.29, 0.717) is 13.0 Å². The number of aromatic nitrogens is 4. The third-order valence-electron chi connectivity index (χ3n) is 3.62. The lowest BCUT2D eigenvalue weighted by Crippen LogP contribution is -2.28. The molecule has 0 aliphatic carbocycles. The summed E-state index contributed by atoms with van der Waals surface area (Å²) in [5, 5.41) is 8.44. The molecule has 0 amide bonds. The molecule has 0 saturated heterocycles. The van der Waals surface area contributed by atoms with Crippen molar-refractivity contribution in [3.63, 3.8) is 0 Å². The lowest BCUT2D eigenvalue weighted by molar-refractivity contribution is -0.146. The van der Waals surface area contributed by atoms with Gasteiger partial charge in [-0.25, -0.2) is 0 Å². The summed E-state index contributed by atoms with van der Waals surface area (Å²) >= 11 is 0. The molecule has 0 N–H and O–H groups in total. The minimum Gasteiger partial charge on any atom is -0.469 e. The molecule has 20 heavy (non-hydrogen) atoms. The van der Waals surface area contributed by atoms with E-state index in [4.69, 9.17) is 4.74 Å². The topological polar surface area (TPSA) is 69.9 Å². The number of carbonyl (C=O) groups is 1. The van der Waals surface area contributed by atoms with Gasteiger partial charge in [0.15, 0.2) is 0 Å². The van der Waals surface area contributed by atoms with E-state index < -0.39 is 0 Å². The van der Waals surface area contributed by atoms with Gasteiger partial charge in [0, 0.05) is 24.9 Å². The summed E-state index contributed by atoms with van der Waals surface area (Å²) in [6.45, 7) is 0.594. The van der Waals surface area contributed by atoms with E-state index in [1.54, 1.807) is 6.20 Å². The molecule has 1 aliphatic rings. The largest absolute Gasteiger partial charge is 0.469 e. The lowest BCUT2D eigenvalue weighted by atomic mass is 9.99. The quantitative estimate of drug-likeness (QED) is 0.780. The number of carbonyl (C=O) groups excluding carboxylic acids is 1. The van der Waals surface area contributed by atoms with Gasteiger partial charge in [-0.15, -0.1) is 10.2 Å². The molecule has 2 aromatic heterocycles. The summed E-state index contributed by atoms with van der Waals surface area (Å²) in [5.74, 6) is 1.53. The molecule has 6 nitrogen and oxygen atoms in total. The Labute approximate surface area is 116 Å². The second kappa shape index (κ2) is 5.40. The van der Waals surface area contributed by atoms with Crippen LogP contribution in [0.1, 0.15) is 23.8 Å². The minimum absolute atomic E-state index is 0.106. The van der Waals surface area contributed by atoms with E-state index in [2.05, 4.69) is 15.2 Å². The number of hydrogen-bond acceptors (Lipinski definition) is 5. The van der Waals surface area contributed by atoms with Crippen LogP contribution in [0.2, 0.25) is 0 Å². The van der Waals surface area contributed by atoms with Gasteiger partial charge in [0.1, 0.15) is 11.6 Å². The van der Waals surface area contributed by atoms with Crippen molar-refractivity contribution in [2.75, 3.05) is 7.11 Å². The first kappa shape index (κ1) is 12.8. The monoisotopic (exact) mass is 272 g/mol. The molecule has 0 aromatic carbocycles. The molecule has 3 rings (SSSR count). The molecule has 6 heteroatoms. The van der Waals surface area contributed by atoms with Gasteiger partial charge in [0.25, 0.3) is 0 Å². The van der Waals surface area contributed by atoms with Gasteiger partial charge in [0.2, 0.25) is 0 Å². The van der Waals surface area contributed by atoms with E-state index in [1.165, 1.54) is 7.11 Å². The van der Waals surface area contributed by atoms with Crippen LogP contribution >= 0.6 is 0 Å². The Bertz CT molecular complexity index is 609. The predicted molar refractivity (Wildman–Crippen MR) is 70.9 cm³/mol. The molecule has 0 fully saturated rings. The Kier molecular flexibility index (Phi) is 3.45. The number of methoxy groups -OCH3 is 1. The fraction of sp³-hybridized carbons (Fsp3) is 0.429. The molecule has 0 radical (unpaired) electrons. The molecule has 0 saturated carbocycles.